The zero-order chi connectivity index (χ0) is 22.0. The summed E-state index contributed by atoms with van der Waals surface area (Å²) in [5.74, 6) is -0.749. The maximum absolute atomic E-state index is 12.5. The van der Waals surface area contributed by atoms with E-state index in [1.165, 1.54) is 0 Å². The number of rotatable bonds is 5. The highest BCUT2D eigenvalue weighted by molar-refractivity contribution is 5.97. The van der Waals surface area contributed by atoms with Crippen molar-refractivity contribution in [2.75, 3.05) is 18.1 Å². The Balaban J connectivity index is 1.53. The maximum atomic E-state index is 12.5. The van der Waals surface area contributed by atoms with E-state index in [4.69, 9.17) is 4.74 Å². The van der Waals surface area contributed by atoms with Gasteiger partial charge in [-0.1, -0.05) is 18.2 Å². The Bertz CT molecular complexity index is 1250. The molecule has 31 heavy (non-hydrogen) atoms. The number of para-hydroxylation sites is 2. The van der Waals surface area contributed by atoms with Crippen LogP contribution in [-0.2, 0) is 16.6 Å². The van der Waals surface area contributed by atoms with E-state index in [2.05, 4.69) is 4.98 Å². The minimum atomic E-state index is -0.665. The summed E-state index contributed by atoms with van der Waals surface area (Å²) < 4.78 is 6.91. The van der Waals surface area contributed by atoms with E-state index in [1.807, 2.05) is 30.3 Å². The van der Waals surface area contributed by atoms with Crippen molar-refractivity contribution in [1.29, 1.82) is 5.26 Å². The van der Waals surface area contributed by atoms with Crippen molar-refractivity contribution < 1.29 is 19.4 Å². The molecule has 1 fully saturated rings. The molecule has 3 aromatic rings. The Hall–Kier alpha value is -4.12. The summed E-state index contributed by atoms with van der Waals surface area (Å²) in [5.41, 5.74) is 2.32. The van der Waals surface area contributed by atoms with E-state index in [-0.39, 0.29) is 28.6 Å². The first-order valence-corrected chi connectivity index (χ1v) is 9.81. The lowest BCUT2D eigenvalue weighted by Gasteiger charge is -2.16. The number of hydrogen-bond donors (Lipinski definition) is 1. The van der Waals surface area contributed by atoms with Gasteiger partial charge in [0.2, 0.25) is 5.91 Å². The molecule has 0 aliphatic carbocycles. The Kier molecular flexibility index (Phi) is 5.41. The molecule has 0 bridgehead atoms. The van der Waals surface area contributed by atoms with Crippen molar-refractivity contribution in [3.8, 4) is 6.07 Å². The first kappa shape index (κ1) is 20.2. The number of nitriles is 1. The van der Waals surface area contributed by atoms with E-state index in [0.29, 0.717) is 24.2 Å². The normalized spacial score (nSPS) is 14.5. The molecule has 2 aromatic carbocycles. The Morgan fingerprint density at radius 1 is 1.26 bits per heavy atom. The number of ether oxygens (including phenoxy) is 1. The van der Waals surface area contributed by atoms with E-state index in [1.54, 1.807) is 40.8 Å². The Labute approximate surface area is 178 Å². The number of aryl methyl sites for hydroxylation is 1. The summed E-state index contributed by atoms with van der Waals surface area (Å²) in [4.78, 5) is 30.5. The summed E-state index contributed by atoms with van der Waals surface area (Å²) in [6, 6.07) is 15.9. The zero-order valence-electron chi connectivity index (χ0n) is 16.9. The largest absolute Gasteiger partial charge is 0.507 e. The van der Waals surface area contributed by atoms with Crippen LogP contribution in [-0.4, -0.2) is 39.7 Å². The number of carbonyl (C=O) groups is 2. The lowest BCUT2D eigenvalue weighted by Crippen LogP contribution is -2.24. The number of esters is 1. The Morgan fingerprint density at radius 2 is 2.06 bits per heavy atom. The molecule has 1 N–H and O–H groups in total. The van der Waals surface area contributed by atoms with Crippen molar-refractivity contribution in [3.63, 3.8) is 0 Å². The van der Waals surface area contributed by atoms with Gasteiger partial charge in [-0.15, -0.1) is 0 Å². The van der Waals surface area contributed by atoms with Crippen LogP contribution < -0.4 is 4.90 Å². The van der Waals surface area contributed by atoms with Gasteiger partial charge in [-0.25, -0.2) is 9.78 Å². The van der Waals surface area contributed by atoms with Gasteiger partial charge in [0.25, 0.3) is 0 Å². The number of aliphatic hydroxyl groups excluding tert-OH is 1. The van der Waals surface area contributed by atoms with Crippen LogP contribution in [0.3, 0.4) is 0 Å². The first-order valence-electron chi connectivity index (χ1n) is 9.81. The number of amides is 1. The molecule has 1 amide bonds. The SMILES string of the molecule is Cn1c(/C(C#N)=C(\O)COC(=O)c2cccc(N3CCCC3=O)c2)nc2ccccc21. The predicted octanol–water partition coefficient (Wildman–Crippen LogP) is 3.35. The highest BCUT2D eigenvalue weighted by Gasteiger charge is 2.23. The van der Waals surface area contributed by atoms with Crippen molar-refractivity contribution in [1.82, 2.24) is 9.55 Å². The van der Waals surface area contributed by atoms with Crippen molar-refractivity contribution in [2.24, 2.45) is 7.05 Å². The van der Waals surface area contributed by atoms with Gasteiger partial charge in [0.15, 0.2) is 11.6 Å². The first-order chi connectivity index (χ1) is 15.0. The van der Waals surface area contributed by atoms with Gasteiger partial charge in [0.05, 0.1) is 16.6 Å². The highest BCUT2D eigenvalue weighted by Crippen LogP contribution is 2.24. The van der Waals surface area contributed by atoms with Crippen LogP contribution in [0.1, 0.15) is 29.0 Å². The van der Waals surface area contributed by atoms with Gasteiger partial charge >= 0.3 is 5.97 Å². The minimum absolute atomic E-state index is 0.0206. The fourth-order valence-electron chi connectivity index (χ4n) is 3.62. The van der Waals surface area contributed by atoms with Gasteiger partial charge < -0.3 is 19.3 Å². The number of benzene rings is 2. The maximum Gasteiger partial charge on any atom is 0.338 e. The summed E-state index contributed by atoms with van der Waals surface area (Å²) in [6.45, 7) is 0.141. The highest BCUT2D eigenvalue weighted by atomic mass is 16.5. The van der Waals surface area contributed by atoms with Gasteiger partial charge in [-0.05, 0) is 36.8 Å². The van der Waals surface area contributed by atoms with Gasteiger partial charge in [0, 0.05) is 25.7 Å². The third kappa shape index (κ3) is 3.85. The summed E-state index contributed by atoms with van der Waals surface area (Å²) >= 11 is 0. The van der Waals surface area contributed by atoms with Crippen LogP contribution in [0.2, 0.25) is 0 Å². The van der Waals surface area contributed by atoms with E-state index in [0.717, 1.165) is 11.9 Å². The number of carbonyl (C=O) groups excluding carboxylic acids is 2. The fraction of sp³-hybridized carbons (Fsp3) is 0.217. The lowest BCUT2D eigenvalue weighted by molar-refractivity contribution is -0.117. The molecular formula is C23H20N4O4. The second kappa shape index (κ2) is 8.32. The number of fused-ring (bicyclic) bond motifs is 1. The molecule has 0 spiro atoms. The molecule has 0 unspecified atom stereocenters. The third-order valence-electron chi connectivity index (χ3n) is 5.22. The van der Waals surface area contributed by atoms with Crippen LogP contribution in [0.4, 0.5) is 5.69 Å². The number of allylic oxidation sites excluding steroid dienone is 1. The molecule has 1 saturated heterocycles. The fourth-order valence-corrected chi connectivity index (χ4v) is 3.62. The number of anilines is 1. The summed E-state index contributed by atoms with van der Waals surface area (Å²) in [6.07, 6.45) is 1.28. The van der Waals surface area contributed by atoms with Crippen LogP contribution in [0, 0.1) is 11.3 Å². The molecule has 4 rings (SSSR count). The molecule has 1 aliphatic rings. The monoisotopic (exact) mass is 416 g/mol. The molecule has 8 nitrogen and oxygen atoms in total. The van der Waals surface area contributed by atoms with Crippen LogP contribution in [0.5, 0.6) is 0 Å². The van der Waals surface area contributed by atoms with E-state index >= 15 is 0 Å². The van der Waals surface area contributed by atoms with Gasteiger partial charge in [-0.2, -0.15) is 5.26 Å². The molecular weight excluding hydrogens is 396 g/mol. The van der Waals surface area contributed by atoms with Gasteiger partial charge in [-0.3, -0.25) is 4.79 Å². The molecule has 156 valence electrons. The number of aliphatic hydroxyl groups is 1. The van der Waals surface area contributed by atoms with Crippen LogP contribution in [0.25, 0.3) is 16.6 Å². The number of hydrogen-bond acceptors (Lipinski definition) is 6. The number of imidazole rings is 1. The standard InChI is InChI=1S/C23H20N4O4/c1-26-19-9-3-2-8-18(19)25-22(26)17(13-24)20(28)14-31-23(30)15-6-4-7-16(12-15)27-11-5-10-21(27)29/h2-4,6-9,12,28H,5,10-11,14H2,1H3/b20-17-. The smallest absolute Gasteiger partial charge is 0.338 e. The molecule has 1 aromatic heterocycles. The molecule has 0 radical (unpaired) electrons. The Morgan fingerprint density at radius 3 is 2.77 bits per heavy atom. The second-order valence-corrected chi connectivity index (χ2v) is 7.19. The molecule has 8 heteroatoms. The topological polar surface area (TPSA) is 108 Å². The third-order valence-corrected chi connectivity index (χ3v) is 5.22. The quantitative estimate of drug-likeness (QED) is 0.388. The zero-order valence-corrected chi connectivity index (χ0v) is 16.9. The van der Waals surface area contributed by atoms with Crippen molar-refractivity contribution in [2.45, 2.75) is 12.8 Å². The van der Waals surface area contributed by atoms with Gasteiger partial charge in [0.1, 0.15) is 18.2 Å². The van der Waals surface area contributed by atoms with Crippen LogP contribution in [0.15, 0.2) is 54.3 Å². The molecule has 0 saturated carbocycles. The second-order valence-electron chi connectivity index (χ2n) is 7.19. The number of nitrogens with zero attached hydrogens (tertiary/aromatic N) is 4. The lowest BCUT2D eigenvalue weighted by atomic mass is 10.2. The molecule has 2 heterocycles. The van der Waals surface area contributed by atoms with Crippen LogP contribution >= 0.6 is 0 Å². The van der Waals surface area contributed by atoms with E-state index in [9.17, 15) is 20.0 Å². The average molecular weight is 416 g/mol. The molecule has 1 aliphatic heterocycles. The average Bonchev–Trinajstić information content (AvgIpc) is 3.36. The van der Waals surface area contributed by atoms with Crippen molar-refractivity contribution >= 4 is 34.2 Å². The minimum Gasteiger partial charge on any atom is -0.507 e. The summed E-state index contributed by atoms with van der Waals surface area (Å²) in [5, 5.41) is 20.0. The summed E-state index contributed by atoms with van der Waals surface area (Å²) in [7, 11) is 1.74. The molecule has 0 atom stereocenters. The predicted molar refractivity (Wildman–Crippen MR) is 114 cm³/mol. The van der Waals surface area contributed by atoms with Crippen molar-refractivity contribution in [3.05, 3.63) is 65.7 Å². The van der Waals surface area contributed by atoms with E-state index < -0.39 is 12.6 Å². The number of aromatic nitrogens is 2.